The number of amides is 1. The van der Waals surface area contributed by atoms with Crippen molar-refractivity contribution in [1.29, 1.82) is 0 Å². The molecule has 30 heavy (non-hydrogen) atoms. The van der Waals surface area contributed by atoms with Crippen LogP contribution in [0, 0.1) is 0 Å². The van der Waals surface area contributed by atoms with Gasteiger partial charge in [-0.05, 0) is 41.8 Å². The highest BCUT2D eigenvalue weighted by Crippen LogP contribution is 2.40. The smallest absolute Gasteiger partial charge is 0.296 e. The van der Waals surface area contributed by atoms with E-state index in [-0.39, 0.29) is 17.9 Å². The second-order valence-electron chi connectivity index (χ2n) is 6.61. The Morgan fingerprint density at radius 2 is 2.07 bits per heavy atom. The number of thiophene rings is 1. The van der Waals surface area contributed by atoms with Crippen LogP contribution in [0.1, 0.15) is 22.2 Å². The molecule has 0 saturated carbocycles. The molecule has 1 aromatic carbocycles. The maximum absolute atomic E-state index is 13.0. The molecule has 152 valence electrons. The van der Waals surface area contributed by atoms with Gasteiger partial charge in [-0.1, -0.05) is 23.7 Å². The molecule has 1 N–H and O–H groups in total. The first-order chi connectivity index (χ1) is 14.5. The number of carbonyl (C=O) groups excluding carboxylic acids is 2. The van der Waals surface area contributed by atoms with E-state index in [1.807, 2.05) is 17.5 Å². The molecule has 8 heteroatoms. The summed E-state index contributed by atoms with van der Waals surface area (Å²) < 4.78 is 5.21. The number of hydrogen-bond donors (Lipinski definition) is 1. The predicted molar refractivity (Wildman–Crippen MR) is 114 cm³/mol. The van der Waals surface area contributed by atoms with Gasteiger partial charge in [0.1, 0.15) is 17.6 Å². The van der Waals surface area contributed by atoms with Crippen molar-refractivity contribution in [2.75, 3.05) is 7.11 Å². The maximum Gasteiger partial charge on any atom is 0.296 e. The van der Waals surface area contributed by atoms with Crippen LogP contribution in [0.25, 0.3) is 5.76 Å². The summed E-state index contributed by atoms with van der Waals surface area (Å²) in [5, 5.41) is 13.3. The number of nitrogens with zero attached hydrogens (tertiary/aromatic N) is 2. The first-order valence-corrected chi connectivity index (χ1v) is 10.3. The van der Waals surface area contributed by atoms with Crippen molar-refractivity contribution in [3.8, 4) is 5.75 Å². The quantitative estimate of drug-likeness (QED) is 0.360. The molecule has 1 amide bonds. The van der Waals surface area contributed by atoms with Crippen molar-refractivity contribution in [2.24, 2.45) is 0 Å². The number of halogens is 1. The van der Waals surface area contributed by atoms with Gasteiger partial charge in [0.15, 0.2) is 0 Å². The van der Waals surface area contributed by atoms with Crippen LogP contribution < -0.4 is 4.74 Å². The minimum Gasteiger partial charge on any atom is -0.507 e. The van der Waals surface area contributed by atoms with Gasteiger partial charge < -0.3 is 14.7 Å². The third-order valence-corrected chi connectivity index (χ3v) is 6.01. The number of aliphatic hydroxyl groups excluding tert-OH is 1. The van der Waals surface area contributed by atoms with E-state index in [0.717, 1.165) is 4.88 Å². The average molecular weight is 441 g/mol. The van der Waals surface area contributed by atoms with Gasteiger partial charge in [0.2, 0.25) is 0 Å². The lowest BCUT2D eigenvalue weighted by Gasteiger charge is -2.24. The molecule has 2 aromatic heterocycles. The van der Waals surface area contributed by atoms with Gasteiger partial charge in [-0.25, -0.2) is 0 Å². The van der Waals surface area contributed by atoms with E-state index < -0.39 is 17.7 Å². The summed E-state index contributed by atoms with van der Waals surface area (Å²) in [6.07, 6.45) is 1.59. The van der Waals surface area contributed by atoms with Crippen molar-refractivity contribution >= 4 is 40.4 Å². The zero-order valence-electron chi connectivity index (χ0n) is 15.9. The standard InChI is InChI=1S/C22H17ClN2O4S/c1-29-17-11-13(7-8-15(17)23)20(26)18-19(16-6-2-3-9-24-16)25(22(28)21(18)27)12-14-5-4-10-30-14/h2-11,19,26H,12H2,1H3/b20-18-. The first-order valence-electron chi connectivity index (χ1n) is 9.07. The number of pyridine rings is 1. The number of ether oxygens (including phenoxy) is 1. The SMILES string of the molecule is COc1cc(/C(O)=C2/C(=O)C(=O)N(Cc3cccs3)C2c2ccccn2)ccc1Cl. The Labute approximate surface area is 182 Å². The van der Waals surface area contributed by atoms with Crippen LogP contribution in [0.2, 0.25) is 5.02 Å². The highest BCUT2D eigenvalue weighted by Gasteiger charge is 2.46. The molecular formula is C22H17ClN2O4S. The fourth-order valence-corrected chi connectivity index (χ4v) is 4.32. The number of hydrogen-bond acceptors (Lipinski definition) is 6. The number of rotatable bonds is 5. The minimum absolute atomic E-state index is 0.0142. The fraction of sp³-hybridized carbons (Fsp3) is 0.136. The van der Waals surface area contributed by atoms with Crippen molar-refractivity contribution in [2.45, 2.75) is 12.6 Å². The summed E-state index contributed by atoms with van der Waals surface area (Å²) >= 11 is 7.57. The highest BCUT2D eigenvalue weighted by atomic mass is 35.5. The molecule has 1 atom stereocenters. The summed E-state index contributed by atoms with van der Waals surface area (Å²) in [6.45, 7) is 0.240. The maximum atomic E-state index is 13.0. The number of methoxy groups -OCH3 is 1. The zero-order chi connectivity index (χ0) is 21.3. The summed E-state index contributed by atoms with van der Waals surface area (Å²) in [4.78, 5) is 32.6. The van der Waals surface area contributed by atoms with Crippen LogP contribution in [-0.2, 0) is 16.1 Å². The number of benzene rings is 1. The van der Waals surface area contributed by atoms with Crippen LogP contribution in [0.4, 0.5) is 0 Å². The van der Waals surface area contributed by atoms with Gasteiger partial charge in [-0.15, -0.1) is 11.3 Å². The minimum atomic E-state index is -0.810. The molecule has 1 aliphatic heterocycles. The van der Waals surface area contributed by atoms with E-state index in [9.17, 15) is 14.7 Å². The molecular weight excluding hydrogens is 424 g/mol. The number of likely N-dealkylation sites (tertiary alicyclic amines) is 1. The van der Waals surface area contributed by atoms with E-state index in [0.29, 0.717) is 22.0 Å². The molecule has 0 spiro atoms. The predicted octanol–water partition coefficient (Wildman–Crippen LogP) is 4.43. The molecule has 0 radical (unpaired) electrons. The van der Waals surface area contributed by atoms with Gasteiger partial charge in [0, 0.05) is 16.6 Å². The average Bonchev–Trinajstić information content (AvgIpc) is 3.36. The Balaban J connectivity index is 1.87. The zero-order valence-corrected chi connectivity index (χ0v) is 17.5. The lowest BCUT2D eigenvalue weighted by molar-refractivity contribution is -0.140. The van der Waals surface area contributed by atoms with Crippen LogP contribution in [0.3, 0.4) is 0 Å². The molecule has 1 saturated heterocycles. The van der Waals surface area contributed by atoms with E-state index in [1.54, 1.807) is 36.5 Å². The van der Waals surface area contributed by atoms with E-state index >= 15 is 0 Å². The summed E-state index contributed by atoms with van der Waals surface area (Å²) in [6, 6.07) is 12.9. The molecule has 0 bridgehead atoms. The molecule has 1 unspecified atom stereocenters. The van der Waals surface area contributed by atoms with Crippen molar-refractivity contribution < 1.29 is 19.4 Å². The lowest BCUT2D eigenvalue weighted by Crippen LogP contribution is -2.29. The fourth-order valence-electron chi connectivity index (χ4n) is 3.42. The Bertz CT molecular complexity index is 1130. The number of Topliss-reactive ketones (excluding diaryl/α,β-unsaturated/α-hetero) is 1. The van der Waals surface area contributed by atoms with Crippen LogP contribution in [0.15, 0.2) is 65.7 Å². The van der Waals surface area contributed by atoms with Crippen LogP contribution in [-0.4, -0.2) is 33.8 Å². The summed E-state index contributed by atoms with van der Waals surface area (Å²) in [7, 11) is 1.46. The number of ketones is 1. The van der Waals surface area contributed by atoms with Gasteiger partial charge >= 0.3 is 0 Å². The normalized spacial score (nSPS) is 18.1. The molecule has 1 aliphatic rings. The van der Waals surface area contributed by atoms with Crippen molar-refractivity contribution in [3.05, 3.63) is 86.8 Å². The molecule has 3 aromatic rings. The van der Waals surface area contributed by atoms with Gasteiger partial charge in [-0.3, -0.25) is 14.6 Å². The van der Waals surface area contributed by atoms with E-state index in [1.165, 1.54) is 29.4 Å². The Morgan fingerprint density at radius 1 is 1.23 bits per heavy atom. The third kappa shape index (κ3) is 3.58. The monoisotopic (exact) mass is 440 g/mol. The first kappa shape index (κ1) is 20.1. The highest BCUT2D eigenvalue weighted by molar-refractivity contribution is 7.09. The molecule has 0 aliphatic carbocycles. The van der Waals surface area contributed by atoms with Crippen LogP contribution >= 0.6 is 22.9 Å². The van der Waals surface area contributed by atoms with Gasteiger partial charge in [-0.2, -0.15) is 0 Å². The summed E-state index contributed by atoms with van der Waals surface area (Å²) in [5.74, 6) is -1.38. The number of carbonyl (C=O) groups is 2. The number of aliphatic hydroxyl groups is 1. The second-order valence-corrected chi connectivity index (χ2v) is 8.05. The summed E-state index contributed by atoms with van der Waals surface area (Å²) in [5.41, 5.74) is 0.807. The molecule has 1 fully saturated rings. The lowest BCUT2D eigenvalue weighted by atomic mass is 9.98. The van der Waals surface area contributed by atoms with Crippen molar-refractivity contribution in [1.82, 2.24) is 9.88 Å². The molecule has 4 rings (SSSR count). The van der Waals surface area contributed by atoms with Crippen molar-refractivity contribution in [3.63, 3.8) is 0 Å². The Hall–Kier alpha value is -3.16. The van der Waals surface area contributed by atoms with E-state index in [2.05, 4.69) is 4.98 Å². The van der Waals surface area contributed by atoms with Crippen LogP contribution in [0.5, 0.6) is 5.75 Å². The largest absolute Gasteiger partial charge is 0.507 e. The Morgan fingerprint density at radius 3 is 2.73 bits per heavy atom. The molecule has 6 nitrogen and oxygen atoms in total. The topological polar surface area (TPSA) is 79.7 Å². The second kappa shape index (κ2) is 8.30. The van der Waals surface area contributed by atoms with Gasteiger partial charge in [0.05, 0.1) is 29.9 Å². The van der Waals surface area contributed by atoms with E-state index in [4.69, 9.17) is 16.3 Å². The molecule has 3 heterocycles. The Kier molecular flexibility index (Phi) is 5.57. The number of aromatic nitrogens is 1. The van der Waals surface area contributed by atoms with Gasteiger partial charge in [0.25, 0.3) is 11.7 Å². The third-order valence-electron chi connectivity index (χ3n) is 4.84.